The number of thiocarbonyl (C=S) groups is 2. The van der Waals surface area contributed by atoms with Gasteiger partial charge >= 0.3 is 0 Å². The van der Waals surface area contributed by atoms with Crippen LogP contribution in [-0.2, 0) is 9.47 Å². The summed E-state index contributed by atoms with van der Waals surface area (Å²) in [5, 5.41) is 1.22. The molecule has 0 N–H and O–H groups in total. The van der Waals surface area contributed by atoms with Crippen molar-refractivity contribution in [1.29, 1.82) is 0 Å². The quantitative estimate of drug-likeness (QED) is 0.643. The van der Waals surface area contributed by atoms with Gasteiger partial charge in [-0.1, -0.05) is 0 Å². The van der Waals surface area contributed by atoms with Crippen LogP contribution in [0, 0.1) is 0 Å². The highest BCUT2D eigenvalue weighted by Gasteiger charge is 2.00. The molecule has 0 saturated carbocycles. The van der Waals surface area contributed by atoms with Gasteiger partial charge in [0.15, 0.2) is 10.1 Å². The fourth-order valence-corrected chi connectivity index (χ4v) is 1.11. The molecule has 0 heterocycles. The first-order chi connectivity index (χ1) is 5.70. The molecule has 0 aromatic rings. The van der Waals surface area contributed by atoms with Crippen LogP contribution >= 0.6 is 24.4 Å². The lowest BCUT2D eigenvalue weighted by molar-refractivity contribution is 0.316. The van der Waals surface area contributed by atoms with Crippen molar-refractivity contribution in [3.63, 3.8) is 0 Å². The van der Waals surface area contributed by atoms with E-state index in [0.717, 1.165) is 0 Å². The van der Waals surface area contributed by atoms with E-state index in [1.54, 1.807) is 0 Å². The molecular formula is C8H14O2S2. The predicted molar refractivity (Wildman–Crippen MR) is 57.7 cm³/mol. The molecule has 0 aliphatic rings. The zero-order valence-corrected chi connectivity index (χ0v) is 9.09. The minimum absolute atomic E-state index is 0.611. The molecule has 0 radical (unpaired) electrons. The smallest absolute Gasteiger partial charge is 0.160 e. The normalized spacial score (nSPS) is 9.17. The molecule has 0 aliphatic carbocycles. The van der Waals surface area contributed by atoms with Gasteiger partial charge in [-0.25, -0.2) is 0 Å². The number of ether oxygens (including phenoxy) is 2. The minimum atomic E-state index is 0.611. The lowest BCUT2D eigenvalue weighted by Crippen LogP contribution is -2.06. The Morgan fingerprint density at radius 1 is 0.917 bits per heavy atom. The molecule has 0 spiro atoms. The molecule has 0 atom stereocenters. The summed E-state index contributed by atoms with van der Waals surface area (Å²) in [6.07, 6.45) is 1.37. The van der Waals surface area contributed by atoms with Crippen LogP contribution in [0.1, 0.15) is 26.7 Å². The summed E-state index contributed by atoms with van der Waals surface area (Å²) in [5.74, 6) is 0. The molecule has 0 aliphatic heterocycles. The van der Waals surface area contributed by atoms with Crippen molar-refractivity contribution < 1.29 is 9.47 Å². The van der Waals surface area contributed by atoms with Crippen LogP contribution in [0.5, 0.6) is 0 Å². The van der Waals surface area contributed by atoms with Crippen molar-refractivity contribution in [2.75, 3.05) is 13.2 Å². The van der Waals surface area contributed by atoms with Gasteiger partial charge in [-0.3, -0.25) is 0 Å². The Labute approximate surface area is 84.2 Å². The van der Waals surface area contributed by atoms with E-state index in [1.807, 2.05) is 13.8 Å². The molecule has 0 unspecified atom stereocenters. The summed E-state index contributed by atoms with van der Waals surface area (Å²) in [4.78, 5) is 0. The summed E-state index contributed by atoms with van der Waals surface area (Å²) in [5.41, 5.74) is 0. The lowest BCUT2D eigenvalue weighted by atomic mass is 10.3. The second-order valence-corrected chi connectivity index (χ2v) is 3.02. The molecule has 0 fully saturated rings. The van der Waals surface area contributed by atoms with E-state index < -0.39 is 0 Å². The van der Waals surface area contributed by atoms with Crippen LogP contribution in [0.4, 0.5) is 0 Å². The van der Waals surface area contributed by atoms with Gasteiger partial charge in [-0.05, 0) is 38.3 Å². The zero-order valence-electron chi connectivity index (χ0n) is 7.46. The third-order valence-corrected chi connectivity index (χ3v) is 1.79. The van der Waals surface area contributed by atoms with E-state index in [1.165, 1.54) is 0 Å². The molecule has 0 saturated heterocycles. The molecule has 70 valence electrons. The number of rotatable bonds is 5. The van der Waals surface area contributed by atoms with Crippen molar-refractivity contribution in [3.8, 4) is 0 Å². The Hall–Kier alpha value is -0.220. The molecular weight excluding hydrogens is 192 g/mol. The third-order valence-electron chi connectivity index (χ3n) is 1.14. The van der Waals surface area contributed by atoms with Crippen LogP contribution in [0.25, 0.3) is 0 Å². The van der Waals surface area contributed by atoms with Gasteiger partial charge in [-0.2, -0.15) is 0 Å². The molecule has 0 aromatic carbocycles. The second kappa shape index (κ2) is 7.43. The monoisotopic (exact) mass is 206 g/mol. The summed E-state index contributed by atoms with van der Waals surface area (Å²) >= 11 is 9.84. The van der Waals surface area contributed by atoms with Crippen LogP contribution in [0.15, 0.2) is 0 Å². The summed E-state index contributed by atoms with van der Waals surface area (Å²) in [7, 11) is 0. The Morgan fingerprint density at radius 3 is 1.50 bits per heavy atom. The zero-order chi connectivity index (χ0) is 9.40. The average Bonchev–Trinajstić information content (AvgIpc) is 2.02. The van der Waals surface area contributed by atoms with Gasteiger partial charge in [0.05, 0.1) is 13.2 Å². The van der Waals surface area contributed by atoms with E-state index in [0.29, 0.717) is 36.2 Å². The average molecular weight is 206 g/mol. The van der Waals surface area contributed by atoms with Gasteiger partial charge in [0.2, 0.25) is 0 Å². The molecule has 0 bridgehead atoms. The molecule has 0 rings (SSSR count). The first-order valence-corrected chi connectivity index (χ1v) is 4.83. The van der Waals surface area contributed by atoms with Crippen LogP contribution in [-0.4, -0.2) is 23.3 Å². The van der Waals surface area contributed by atoms with Crippen LogP contribution in [0.2, 0.25) is 0 Å². The topological polar surface area (TPSA) is 18.5 Å². The highest BCUT2D eigenvalue weighted by molar-refractivity contribution is 7.80. The molecule has 0 aromatic heterocycles. The highest BCUT2D eigenvalue weighted by atomic mass is 32.1. The molecule has 12 heavy (non-hydrogen) atoms. The first kappa shape index (κ1) is 11.8. The van der Waals surface area contributed by atoms with E-state index in [4.69, 9.17) is 33.9 Å². The maximum absolute atomic E-state index is 5.09. The SMILES string of the molecule is CCOC(=S)CCC(=S)OCC. The predicted octanol–water partition coefficient (Wildman–Crippen LogP) is 2.49. The van der Waals surface area contributed by atoms with Gasteiger partial charge in [0, 0.05) is 12.8 Å². The minimum Gasteiger partial charge on any atom is -0.487 e. The van der Waals surface area contributed by atoms with E-state index >= 15 is 0 Å². The van der Waals surface area contributed by atoms with Gasteiger partial charge < -0.3 is 9.47 Å². The van der Waals surface area contributed by atoms with E-state index in [-0.39, 0.29) is 0 Å². The first-order valence-electron chi connectivity index (χ1n) is 4.02. The Balaban J connectivity index is 3.40. The van der Waals surface area contributed by atoms with Gasteiger partial charge in [0.1, 0.15) is 0 Å². The maximum Gasteiger partial charge on any atom is 0.160 e. The van der Waals surface area contributed by atoms with Gasteiger partial charge in [0.25, 0.3) is 0 Å². The van der Waals surface area contributed by atoms with Crippen molar-refractivity contribution >= 4 is 34.5 Å². The van der Waals surface area contributed by atoms with Crippen LogP contribution < -0.4 is 0 Å². The summed E-state index contributed by atoms with van der Waals surface area (Å²) < 4.78 is 10.2. The van der Waals surface area contributed by atoms with E-state index in [2.05, 4.69) is 0 Å². The number of hydrogen-bond donors (Lipinski definition) is 0. The standard InChI is InChI=1S/C8H14O2S2/c1-3-9-7(11)5-6-8(12)10-4-2/h3-6H2,1-2H3. The fraction of sp³-hybridized carbons (Fsp3) is 0.750. The van der Waals surface area contributed by atoms with Crippen molar-refractivity contribution in [1.82, 2.24) is 0 Å². The Morgan fingerprint density at radius 2 is 1.25 bits per heavy atom. The Bertz CT molecular complexity index is 139. The highest BCUT2D eigenvalue weighted by Crippen LogP contribution is 1.99. The number of hydrogen-bond acceptors (Lipinski definition) is 4. The second-order valence-electron chi connectivity index (χ2n) is 2.11. The van der Waals surface area contributed by atoms with Crippen molar-refractivity contribution in [3.05, 3.63) is 0 Å². The largest absolute Gasteiger partial charge is 0.487 e. The molecule has 0 amide bonds. The van der Waals surface area contributed by atoms with Crippen LogP contribution in [0.3, 0.4) is 0 Å². The Kier molecular flexibility index (Phi) is 7.29. The fourth-order valence-electron chi connectivity index (χ4n) is 0.670. The van der Waals surface area contributed by atoms with Crippen molar-refractivity contribution in [2.24, 2.45) is 0 Å². The summed E-state index contributed by atoms with van der Waals surface area (Å²) in [6.45, 7) is 5.07. The molecule has 4 heteroatoms. The van der Waals surface area contributed by atoms with Crippen molar-refractivity contribution in [2.45, 2.75) is 26.7 Å². The maximum atomic E-state index is 5.09. The lowest BCUT2D eigenvalue weighted by Gasteiger charge is -2.05. The molecule has 2 nitrogen and oxygen atoms in total. The van der Waals surface area contributed by atoms with Gasteiger partial charge in [-0.15, -0.1) is 0 Å². The summed E-state index contributed by atoms with van der Waals surface area (Å²) in [6, 6.07) is 0. The van der Waals surface area contributed by atoms with E-state index in [9.17, 15) is 0 Å². The third kappa shape index (κ3) is 6.49.